The molecular formula is C6H8F2N4O3. The summed E-state index contributed by atoms with van der Waals surface area (Å²) in [4.78, 5) is 23.2. The van der Waals surface area contributed by atoms with E-state index in [1.165, 1.54) is 0 Å². The number of aromatic amines is 2. The molecule has 0 atom stereocenters. The maximum atomic E-state index is 12.5. The molecule has 0 spiro atoms. The number of hydrogen-bond donors (Lipinski definition) is 4. The summed E-state index contributed by atoms with van der Waals surface area (Å²) in [7, 11) is 0. The quantitative estimate of drug-likeness (QED) is 0.495. The lowest BCUT2D eigenvalue weighted by Crippen LogP contribution is -2.34. The minimum atomic E-state index is -3.36. The summed E-state index contributed by atoms with van der Waals surface area (Å²) >= 11 is 0. The Kier molecular flexibility index (Phi) is 3.14. The summed E-state index contributed by atoms with van der Waals surface area (Å²) in [5.41, 5.74) is -1.74. The Labute approximate surface area is 81.2 Å². The maximum absolute atomic E-state index is 12.5. The molecule has 1 aromatic heterocycles. The van der Waals surface area contributed by atoms with E-state index in [2.05, 4.69) is 5.10 Å². The summed E-state index contributed by atoms with van der Waals surface area (Å²) in [5.74, 6) is -3.80. The molecule has 0 saturated carbocycles. The SMILES string of the molecule is O=c1[nH]nc(NCC(F)(F)CO)c(=O)[nH]1. The number of nitrogens with zero attached hydrogens (tertiary/aromatic N) is 1. The highest BCUT2D eigenvalue weighted by molar-refractivity contribution is 5.28. The molecule has 1 heterocycles. The average Bonchev–Trinajstić information content (AvgIpc) is 2.16. The molecule has 1 aromatic rings. The summed E-state index contributed by atoms with van der Waals surface area (Å²) in [6.07, 6.45) is 0. The van der Waals surface area contributed by atoms with Crippen molar-refractivity contribution in [3.05, 3.63) is 20.8 Å². The second-order valence-corrected chi connectivity index (χ2v) is 2.72. The number of aliphatic hydroxyl groups is 1. The summed E-state index contributed by atoms with van der Waals surface area (Å²) in [5, 5.41) is 15.3. The van der Waals surface area contributed by atoms with Gasteiger partial charge in [0.15, 0.2) is 0 Å². The van der Waals surface area contributed by atoms with Crippen molar-refractivity contribution in [1.82, 2.24) is 15.2 Å². The van der Waals surface area contributed by atoms with E-state index in [-0.39, 0.29) is 0 Å². The Morgan fingerprint density at radius 2 is 2.13 bits per heavy atom. The molecule has 0 radical (unpaired) electrons. The van der Waals surface area contributed by atoms with Crippen LogP contribution >= 0.6 is 0 Å². The van der Waals surface area contributed by atoms with E-state index in [4.69, 9.17) is 5.11 Å². The molecule has 0 unspecified atom stereocenters. The zero-order chi connectivity index (χ0) is 11.5. The summed E-state index contributed by atoms with van der Waals surface area (Å²) in [6.45, 7) is -2.30. The van der Waals surface area contributed by atoms with E-state index in [9.17, 15) is 18.4 Å². The minimum Gasteiger partial charge on any atom is -0.390 e. The zero-order valence-electron chi connectivity index (χ0n) is 7.38. The van der Waals surface area contributed by atoms with Gasteiger partial charge in [-0.3, -0.25) is 9.78 Å². The van der Waals surface area contributed by atoms with Gasteiger partial charge in [-0.15, -0.1) is 5.10 Å². The van der Waals surface area contributed by atoms with Crippen molar-refractivity contribution < 1.29 is 13.9 Å². The van der Waals surface area contributed by atoms with Crippen LogP contribution in [0.3, 0.4) is 0 Å². The molecule has 0 amide bonds. The average molecular weight is 222 g/mol. The maximum Gasteiger partial charge on any atom is 0.342 e. The van der Waals surface area contributed by atoms with E-state index in [1.807, 2.05) is 10.4 Å². The number of rotatable bonds is 4. The Bertz CT molecular complexity index is 440. The second kappa shape index (κ2) is 4.17. The first kappa shape index (κ1) is 11.3. The molecule has 0 aromatic carbocycles. The predicted molar refractivity (Wildman–Crippen MR) is 46.0 cm³/mol. The molecule has 15 heavy (non-hydrogen) atoms. The molecule has 1 rings (SSSR count). The first-order valence-corrected chi connectivity index (χ1v) is 3.86. The predicted octanol–water partition coefficient (Wildman–Crippen LogP) is -1.50. The molecule has 7 nitrogen and oxygen atoms in total. The third-order valence-corrected chi connectivity index (χ3v) is 1.46. The van der Waals surface area contributed by atoms with Crippen LogP contribution in [0.2, 0.25) is 0 Å². The highest BCUT2D eigenvalue weighted by Crippen LogP contribution is 2.11. The van der Waals surface area contributed by atoms with Gasteiger partial charge < -0.3 is 10.4 Å². The first-order valence-electron chi connectivity index (χ1n) is 3.86. The number of nitrogens with one attached hydrogen (secondary N) is 3. The van der Waals surface area contributed by atoms with Crippen molar-refractivity contribution in [2.45, 2.75) is 5.92 Å². The van der Waals surface area contributed by atoms with Gasteiger partial charge in [0.05, 0.1) is 6.54 Å². The van der Waals surface area contributed by atoms with Gasteiger partial charge >= 0.3 is 5.69 Å². The van der Waals surface area contributed by atoms with Gasteiger partial charge in [0.1, 0.15) is 6.61 Å². The van der Waals surface area contributed by atoms with Gasteiger partial charge in [-0.25, -0.2) is 18.7 Å². The first-order chi connectivity index (χ1) is 6.94. The Hall–Kier alpha value is -1.77. The fourth-order valence-electron chi connectivity index (χ4n) is 0.736. The molecule has 0 aliphatic carbocycles. The number of aliphatic hydroxyl groups excluding tert-OH is 1. The monoisotopic (exact) mass is 222 g/mol. The van der Waals surface area contributed by atoms with Crippen LogP contribution in [0, 0.1) is 0 Å². The van der Waals surface area contributed by atoms with Gasteiger partial charge in [0.25, 0.3) is 11.5 Å². The largest absolute Gasteiger partial charge is 0.390 e. The fraction of sp³-hybridized carbons (Fsp3) is 0.500. The third-order valence-electron chi connectivity index (χ3n) is 1.46. The normalized spacial score (nSPS) is 11.4. The van der Waals surface area contributed by atoms with Crippen LogP contribution in [-0.2, 0) is 0 Å². The standard InChI is InChI=1S/C6H8F2N4O3/c7-6(8,2-13)1-9-3-4(14)10-5(15)12-11-3/h13H,1-2H2,(H,9,11)(H2,10,12,14,15). The van der Waals surface area contributed by atoms with Crippen LogP contribution in [-0.4, -0.2) is 39.4 Å². The second-order valence-electron chi connectivity index (χ2n) is 2.72. The van der Waals surface area contributed by atoms with Crippen molar-refractivity contribution in [3.63, 3.8) is 0 Å². The number of alkyl halides is 2. The van der Waals surface area contributed by atoms with Gasteiger partial charge in [0.2, 0.25) is 5.82 Å². The minimum absolute atomic E-state index is 0.442. The number of H-pyrrole nitrogens is 2. The lowest BCUT2D eigenvalue weighted by molar-refractivity contribution is -0.0373. The summed E-state index contributed by atoms with van der Waals surface area (Å²) < 4.78 is 25.1. The smallest absolute Gasteiger partial charge is 0.342 e. The number of anilines is 1. The van der Waals surface area contributed by atoms with Crippen molar-refractivity contribution in [2.75, 3.05) is 18.5 Å². The van der Waals surface area contributed by atoms with E-state index in [1.54, 1.807) is 4.98 Å². The topological polar surface area (TPSA) is 111 Å². The molecule has 0 bridgehead atoms. The van der Waals surface area contributed by atoms with Crippen LogP contribution in [0.5, 0.6) is 0 Å². The van der Waals surface area contributed by atoms with E-state index in [0.717, 1.165) is 0 Å². The van der Waals surface area contributed by atoms with E-state index < -0.39 is 36.1 Å². The molecule has 4 N–H and O–H groups in total. The molecule has 0 aliphatic heterocycles. The Morgan fingerprint density at radius 3 is 2.67 bits per heavy atom. The Balaban J connectivity index is 2.75. The molecule has 0 fully saturated rings. The lowest BCUT2D eigenvalue weighted by atomic mass is 10.3. The third kappa shape index (κ3) is 3.13. The van der Waals surface area contributed by atoms with Crippen LogP contribution in [0.25, 0.3) is 0 Å². The fourth-order valence-corrected chi connectivity index (χ4v) is 0.736. The van der Waals surface area contributed by atoms with Crippen LogP contribution in [0.4, 0.5) is 14.6 Å². The van der Waals surface area contributed by atoms with Gasteiger partial charge in [-0.2, -0.15) is 0 Å². The Morgan fingerprint density at radius 1 is 1.47 bits per heavy atom. The lowest BCUT2D eigenvalue weighted by Gasteiger charge is -2.13. The molecule has 0 aliphatic rings. The number of halogens is 2. The van der Waals surface area contributed by atoms with Crippen LogP contribution in [0.1, 0.15) is 0 Å². The highest BCUT2D eigenvalue weighted by Gasteiger charge is 2.27. The van der Waals surface area contributed by atoms with Crippen LogP contribution < -0.4 is 16.6 Å². The van der Waals surface area contributed by atoms with E-state index >= 15 is 0 Å². The van der Waals surface area contributed by atoms with E-state index in [0.29, 0.717) is 0 Å². The summed E-state index contributed by atoms with van der Waals surface area (Å²) in [6, 6.07) is 0. The van der Waals surface area contributed by atoms with Crippen molar-refractivity contribution in [2.24, 2.45) is 0 Å². The molecule has 84 valence electrons. The molecular weight excluding hydrogens is 214 g/mol. The van der Waals surface area contributed by atoms with Crippen molar-refractivity contribution in [3.8, 4) is 0 Å². The van der Waals surface area contributed by atoms with Crippen molar-refractivity contribution in [1.29, 1.82) is 0 Å². The highest BCUT2D eigenvalue weighted by atomic mass is 19.3. The van der Waals surface area contributed by atoms with Crippen molar-refractivity contribution >= 4 is 5.82 Å². The molecule has 0 saturated heterocycles. The zero-order valence-corrected chi connectivity index (χ0v) is 7.38. The number of hydrogen-bond acceptors (Lipinski definition) is 5. The van der Waals surface area contributed by atoms with Crippen LogP contribution in [0.15, 0.2) is 9.59 Å². The van der Waals surface area contributed by atoms with Gasteiger partial charge in [0, 0.05) is 0 Å². The van der Waals surface area contributed by atoms with Gasteiger partial charge in [-0.1, -0.05) is 0 Å². The van der Waals surface area contributed by atoms with Gasteiger partial charge in [-0.05, 0) is 0 Å². The number of aromatic nitrogens is 3. The molecule has 9 heteroatoms.